The van der Waals surface area contributed by atoms with Gasteiger partial charge in [-0.1, -0.05) is 0 Å². The van der Waals surface area contributed by atoms with Crippen molar-refractivity contribution < 1.29 is 14.3 Å². The molecular formula is C20H34ClNO3. The van der Waals surface area contributed by atoms with Crippen LogP contribution in [0, 0.1) is 29.1 Å². The summed E-state index contributed by atoms with van der Waals surface area (Å²) in [6, 6.07) is -0.562. The average Bonchev–Trinajstić information content (AvgIpc) is 3.29. The van der Waals surface area contributed by atoms with Gasteiger partial charge in [0.05, 0.1) is 6.10 Å². The van der Waals surface area contributed by atoms with Gasteiger partial charge in [-0.3, -0.25) is 4.79 Å². The largest absolute Gasteiger partial charge is 0.459 e. The highest BCUT2D eigenvalue weighted by molar-refractivity contribution is 5.85. The SMILES string of the molecule is C[C@H](N)C(=O)O[C@@H](C)[C@H](OCC1CC1)C12CC3CC(CC(C3)C1)C2.Cl. The fourth-order valence-electron chi connectivity index (χ4n) is 6.21. The minimum absolute atomic E-state index is 0. The Balaban J connectivity index is 0.00000182. The van der Waals surface area contributed by atoms with E-state index in [0.717, 1.165) is 30.3 Å². The molecule has 5 heteroatoms. The van der Waals surface area contributed by atoms with Gasteiger partial charge in [0.1, 0.15) is 12.1 Å². The number of halogens is 1. The third-order valence-electron chi connectivity index (χ3n) is 7.00. The number of nitrogens with two attached hydrogens (primary N) is 1. The smallest absolute Gasteiger partial charge is 0.322 e. The lowest BCUT2D eigenvalue weighted by molar-refractivity contribution is -0.192. The number of rotatable bonds is 7. The Hall–Kier alpha value is -0.320. The van der Waals surface area contributed by atoms with Crippen molar-refractivity contribution in [3.8, 4) is 0 Å². The van der Waals surface area contributed by atoms with Crippen molar-refractivity contribution in [2.24, 2.45) is 34.8 Å². The first kappa shape index (κ1) is 19.4. The van der Waals surface area contributed by atoms with Crippen LogP contribution in [0.3, 0.4) is 0 Å². The van der Waals surface area contributed by atoms with Crippen molar-refractivity contribution >= 4 is 18.4 Å². The normalized spacial score (nSPS) is 39.4. The predicted molar refractivity (Wildman–Crippen MR) is 99.5 cm³/mol. The minimum Gasteiger partial charge on any atom is -0.459 e. The lowest BCUT2D eigenvalue weighted by atomic mass is 9.47. The second-order valence-corrected chi connectivity index (χ2v) is 9.41. The van der Waals surface area contributed by atoms with E-state index in [-0.39, 0.29) is 36.0 Å². The molecule has 0 aromatic rings. The lowest BCUT2D eigenvalue weighted by Crippen LogP contribution is -2.56. The Morgan fingerprint density at radius 3 is 2.04 bits per heavy atom. The molecule has 5 rings (SSSR count). The van der Waals surface area contributed by atoms with Gasteiger partial charge in [0, 0.05) is 12.0 Å². The van der Waals surface area contributed by atoms with Gasteiger partial charge in [-0.05, 0) is 88.9 Å². The summed E-state index contributed by atoms with van der Waals surface area (Å²) in [5.74, 6) is 3.06. The van der Waals surface area contributed by atoms with Crippen LogP contribution in [0.2, 0.25) is 0 Å². The summed E-state index contributed by atoms with van der Waals surface area (Å²) in [7, 11) is 0. The van der Waals surface area contributed by atoms with Crippen LogP contribution in [0.15, 0.2) is 0 Å². The second-order valence-electron chi connectivity index (χ2n) is 9.41. The first-order valence-corrected chi connectivity index (χ1v) is 10.0. The van der Waals surface area contributed by atoms with Gasteiger partial charge in [-0.15, -0.1) is 12.4 Å². The second kappa shape index (κ2) is 7.36. The molecule has 25 heavy (non-hydrogen) atoms. The summed E-state index contributed by atoms with van der Waals surface area (Å²) in [5.41, 5.74) is 5.94. The summed E-state index contributed by atoms with van der Waals surface area (Å²) >= 11 is 0. The van der Waals surface area contributed by atoms with E-state index in [1.54, 1.807) is 6.92 Å². The topological polar surface area (TPSA) is 61.6 Å². The monoisotopic (exact) mass is 371 g/mol. The van der Waals surface area contributed by atoms with Gasteiger partial charge in [0.25, 0.3) is 0 Å². The fraction of sp³-hybridized carbons (Fsp3) is 0.950. The maximum Gasteiger partial charge on any atom is 0.322 e. The summed E-state index contributed by atoms with van der Waals surface area (Å²) in [6.45, 7) is 4.56. The molecule has 5 aliphatic rings. The summed E-state index contributed by atoms with van der Waals surface area (Å²) in [5, 5.41) is 0. The molecule has 144 valence electrons. The van der Waals surface area contributed by atoms with Crippen LogP contribution in [0.1, 0.15) is 65.2 Å². The van der Waals surface area contributed by atoms with Crippen molar-refractivity contribution in [3.63, 3.8) is 0 Å². The van der Waals surface area contributed by atoms with E-state index in [0.29, 0.717) is 0 Å². The number of esters is 1. The van der Waals surface area contributed by atoms with Crippen LogP contribution in [0.25, 0.3) is 0 Å². The van der Waals surface area contributed by atoms with Crippen LogP contribution in [-0.4, -0.2) is 30.8 Å². The van der Waals surface area contributed by atoms with Gasteiger partial charge in [0.15, 0.2) is 0 Å². The Morgan fingerprint density at radius 1 is 1.08 bits per heavy atom. The Morgan fingerprint density at radius 2 is 1.60 bits per heavy atom. The van der Waals surface area contributed by atoms with Crippen LogP contribution in [0.4, 0.5) is 0 Å². The van der Waals surface area contributed by atoms with E-state index in [1.165, 1.54) is 51.4 Å². The third-order valence-corrected chi connectivity index (χ3v) is 7.00. The Kier molecular flexibility index (Phi) is 5.72. The zero-order chi connectivity index (χ0) is 16.9. The molecule has 5 fully saturated rings. The summed E-state index contributed by atoms with van der Waals surface area (Å²) in [6.07, 6.45) is 10.5. The summed E-state index contributed by atoms with van der Waals surface area (Å²) < 4.78 is 12.2. The van der Waals surface area contributed by atoms with E-state index >= 15 is 0 Å². The third kappa shape index (κ3) is 4.01. The van der Waals surface area contributed by atoms with Crippen LogP contribution >= 0.6 is 12.4 Å². The number of hydrogen-bond donors (Lipinski definition) is 1. The highest BCUT2D eigenvalue weighted by Gasteiger charge is 2.56. The zero-order valence-corrected chi connectivity index (χ0v) is 16.4. The molecule has 0 amide bonds. The molecule has 5 aliphatic carbocycles. The van der Waals surface area contributed by atoms with E-state index in [1.807, 2.05) is 6.92 Å². The van der Waals surface area contributed by atoms with E-state index in [2.05, 4.69) is 0 Å². The van der Waals surface area contributed by atoms with Crippen molar-refractivity contribution in [3.05, 3.63) is 0 Å². The number of carbonyl (C=O) groups excluding carboxylic acids is 1. The highest BCUT2D eigenvalue weighted by atomic mass is 35.5. The molecule has 2 N–H and O–H groups in total. The molecule has 0 radical (unpaired) electrons. The molecule has 0 aromatic heterocycles. The highest BCUT2D eigenvalue weighted by Crippen LogP contribution is 2.62. The van der Waals surface area contributed by atoms with Gasteiger partial charge < -0.3 is 15.2 Å². The molecule has 0 spiro atoms. The predicted octanol–water partition coefficient (Wildman–Crippen LogP) is 3.70. The average molecular weight is 372 g/mol. The zero-order valence-electron chi connectivity index (χ0n) is 15.6. The molecule has 5 saturated carbocycles. The van der Waals surface area contributed by atoms with Gasteiger partial charge >= 0.3 is 5.97 Å². The molecule has 4 nitrogen and oxygen atoms in total. The molecule has 0 aromatic carbocycles. The molecule has 0 unspecified atom stereocenters. The van der Waals surface area contributed by atoms with Crippen LogP contribution in [-0.2, 0) is 14.3 Å². The van der Waals surface area contributed by atoms with E-state index in [4.69, 9.17) is 15.2 Å². The van der Waals surface area contributed by atoms with E-state index < -0.39 is 6.04 Å². The first-order valence-electron chi connectivity index (χ1n) is 10.0. The Bertz CT molecular complexity index is 456. The first-order chi connectivity index (χ1) is 11.4. The van der Waals surface area contributed by atoms with Gasteiger partial charge in [-0.2, -0.15) is 0 Å². The molecule has 0 heterocycles. The van der Waals surface area contributed by atoms with Crippen molar-refractivity contribution in [2.45, 2.75) is 83.5 Å². The maximum absolute atomic E-state index is 12.0. The fourth-order valence-corrected chi connectivity index (χ4v) is 6.21. The van der Waals surface area contributed by atoms with Crippen LogP contribution < -0.4 is 5.73 Å². The standard InChI is InChI=1S/C20H33NO3.ClH/c1-12(21)19(22)24-13(2)18(23-11-14-3-4-14)20-8-15-5-16(9-20)7-17(6-15)10-20;/h12-18H,3-11,21H2,1-2H3;1H/t12-,13-,15?,16?,17?,18-,20?;/m0./s1. The molecule has 0 saturated heterocycles. The lowest BCUT2D eigenvalue weighted by Gasteiger charge is -2.59. The van der Waals surface area contributed by atoms with Crippen molar-refractivity contribution in [1.29, 1.82) is 0 Å². The minimum atomic E-state index is -0.562. The van der Waals surface area contributed by atoms with Gasteiger partial charge in [-0.25, -0.2) is 0 Å². The molecule has 3 atom stereocenters. The molecule has 4 bridgehead atoms. The Labute approximate surface area is 158 Å². The maximum atomic E-state index is 12.0. The number of ether oxygens (including phenoxy) is 2. The van der Waals surface area contributed by atoms with Gasteiger partial charge in [0.2, 0.25) is 0 Å². The molecule has 0 aliphatic heterocycles. The number of carbonyl (C=O) groups is 1. The van der Waals surface area contributed by atoms with Crippen molar-refractivity contribution in [2.75, 3.05) is 6.61 Å². The molecular weight excluding hydrogens is 338 g/mol. The van der Waals surface area contributed by atoms with E-state index in [9.17, 15) is 4.79 Å². The van der Waals surface area contributed by atoms with Crippen molar-refractivity contribution in [1.82, 2.24) is 0 Å². The summed E-state index contributed by atoms with van der Waals surface area (Å²) in [4.78, 5) is 12.0. The quantitative estimate of drug-likeness (QED) is 0.693. The number of hydrogen-bond acceptors (Lipinski definition) is 4. The van der Waals surface area contributed by atoms with Crippen LogP contribution in [0.5, 0.6) is 0 Å².